The van der Waals surface area contributed by atoms with Gasteiger partial charge < -0.3 is 15.4 Å². The minimum atomic E-state index is -0.710. The van der Waals surface area contributed by atoms with Gasteiger partial charge in [0.1, 0.15) is 6.04 Å². The van der Waals surface area contributed by atoms with Gasteiger partial charge in [-0.25, -0.2) is 4.79 Å². The smallest absolute Gasteiger partial charge is 0.407 e. The molecule has 1 aromatic heterocycles. The van der Waals surface area contributed by atoms with Crippen molar-refractivity contribution in [2.24, 2.45) is 7.05 Å². The second-order valence-corrected chi connectivity index (χ2v) is 5.19. The number of rotatable bonds is 4. The number of nitrogens with one attached hydrogen (secondary N) is 2. The Morgan fingerprint density at radius 2 is 2.18 bits per heavy atom. The predicted molar refractivity (Wildman–Crippen MR) is 82.6 cm³/mol. The predicted octanol–water partition coefficient (Wildman–Crippen LogP) is 1.59. The van der Waals surface area contributed by atoms with Crippen LogP contribution in [-0.4, -0.2) is 34.9 Å². The lowest BCUT2D eigenvalue weighted by atomic mass is 10.2. The second kappa shape index (κ2) is 6.65. The number of nitrogens with zero attached hydrogens (tertiary/aromatic N) is 2. The van der Waals surface area contributed by atoms with E-state index < -0.39 is 12.1 Å². The molecule has 1 aromatic carbocycles. The molecule has 2 rings (SSSR count). The van der Waals surface area contributed by atoms with E-state index in [4.69, 9.17) is 11.6 Å². The number of methoxy groups -OCH3 is 1. The third-order valence-corrected chi connectivity index (χ3v) is 3.56. The number of carbonyl (C=O) groups excluding carboxylic acids is 2. The fourth-order valence-electron chi connectivity index (χ4n) is 2.10. The molecule has 0 spiro atoms. The molecule has 118 valence electrons. The lowest BCUT2D eigenvalue weighted by molar-refractivity contribution is -0.122. The number of fused-ring (bicyclic) bond motifs is 1. The first-order chi connectivity index (χ1) is 10.4. The Morgan fingerprint density at radius 1 is 1.45 bits per heavy atom. The van der Waals surface area contributed by atoms with Crippen molar-refractivity contribution in [2.75, 3.05) is 7.11 Å². The van der Waals surface area contributed by atoms with Crippen LogP contribution in [0.2, 0.25) is 5.02 Å². The lowest BCUT2D eigenvalue weighted by Crippen LogP contribution is -2.44. The van der Waals surface area contributed by atoms with Gasteiger partial charge in [0.2, 0.25) is 5.91 Å². The molecule has 1 heterocycles. The number of carbonyl (C=O) groups is 2. The number of amides is 2. The summed E-state index contributed by atoms with van der Waals surface area (Å²) in [4.78, 5) is 23.0. The molecule has 0 aliphatic carbocycles. The average Bonchev–Trinajstić information content (AvgIpc) is 2.82. The summed E-state index contributed by atoms with van der Waals surface area (Å²) in [5.74, 6) is -0.337. The number of aromatic nitrogens is 2. The molecule has 1 unspecified atom stereocenters. The monoisotopic (exact) mass is 324 g/mol. The highest BCUT2D eigenvalue weighted by atomic mass is 35.5. The number of hydrogen-bond donors (Lipinski definition) is 2. The van der Waals surface area contributed by atoms with Crippen molar-refractivity contribution in [2.45, 2.75) is 19.5 Å². The Balaban J connectivity index is 2.09. The molecule has 2 N–H and O–H groups in total. The van der Waals surface area contributed by atoms with Gasteiger partial charge in [-0.3, -0.25) is 9.48 Å². The first kappa shape index (κ1) is 16.1. The quantitative estimate of drug-likeness (QED) is 0.894. The van der Waals surface area contributed by atoms with Crippen LogP contribution in [0.3, 0.4) is 0 Å². The topological polar surface area (TPSA) is 85.2 Å². The minimum Gasteiger partial charge on any atom is -0.453 e. The van der Waals surface area contributed by atoms with Crippen LogP contribution in [0.1, 0.15) is 12.6 Å². The van der Waals surface area contributed by atoms with Crippen molar-refractivity contribution in [3.05, 3.63) is 28.9 Å². The Hall–Kier alpha value is -2.28. The molecule has 0 aliphatic heterocycles. The number of aryl methyl sites for hydroxylation is 1. The molecule has 2 amide bonds. The van der Waals surface area contributed by atoms with E-state index in [-0.39, 0.29) is 12.5 Å². The van der Waals surface area contributed by atoms with Crippen molar-refractivity contribution in [1.82, 2.24) is 20.4 Å². The van der Waals surface area contributed by atoms with Gasteiger partial charge in [0.25, 0.3) is 0 Å². The zero-order valence-electron chi connectivity index (χ0n) is 12.5. The Kier molecular flexibility index (Phi) is 4.87. The van der Waals surface area contributed by atoms with Crippen molar-refractivity contribution >= 4 is 34.5 Å². The molecule has 0 bridgehead atoms. The summed E-state index contributed by atoms with van der Waals surface area (Å²) in [6.07, 6.45) is -0.658. The standard InChI is InChI=1S/C14H17ClN4O3/c1-8(17-14(21)22-3)13(20)16-7-10-12-9(15)5-4-6-11(12)19(2)18-10/h4-6,8H,7H2,1-3H3,(H,16,20)(H,17,21). The van der Waals surface area contributed by atoms with Gasteiger partial charge in [-0.05, 0) is 19.1 Å². The molecule has 7 nitrogen and oxygen atoms in total. The van der Waals surface area contributed by atoms with Crippen LogP contribution in [0.25, 0.3) is 10.9 Å². The van der Waals surface area contributed by atoms with Crippen LogP contribution >= 0.6 is 11.6 Å². The van der Waals surface area contributed by atoms with Crippen molar-refractivity contribution in [3.8, 4) is 0 Å². The summed E-state index contributed by atoms with van der Waals surface area (Å²) in [5.41, 5.74) is 1.55. The third kappa shape index (κ3) is 3.30. The summed E-state index contributed by atoms with van der Waals surface area (Å²) < 4.78 is 6.15. The molecule has 8 heteroatoms. The fraction of sp³-hybridized carbons (Fsp3) is 0.357. The van der Waals surface area contributed by atoms with Crippen molar-refractivity contribution < 1.29 is 14.3 Å². The van der Waals surface area contributed by atoms with Gasteiger partial charge in [-0.2, -0.15) is 5.10 Å². The largest absolute Gasteiger partial charge is 0.453 e. The molecular weight excluding hydrogens is 308 g/mol. The zero-order valence-corrected chi connectivity index (χ0v) is 13.3. The number of hydrogen-bond acceptors (Lipinski definition) is 4. The minimum absolute atomic E-state index is 0.215. The maximum atomic E-state index is 11.9. The molecule has 0 saturated heterocycles. The first-order valence-corrected chi connectivity index (χ1v) is 7.04. The van der Waals surface area contributed by atoms with Crippen molar-refractivity contribution in [1.29, 1.82) is 0 Å². The molecule has 22 heavy (non-hydrogen) atoms. The maximum Gasteiger partial charge on any atom is 0.407 e. The molecular formula is C14H17ClN4O3. The van der Waals surface area contributed by atoms with Gasteiger partial charge in [0, 0.05) is 12.4 Å². The number of ether oxygens (including phenoxy) is 1. The second-order valence-electron chi connectivity index (χ2n) is 4.78. The molecule has 0 radical (unpaired) electrons. The van der Waals surface area contributed by atoms with E-state index in [2.05, 4.69) is 20.5 Å². The molecule has 2 aromatic rings. The first-order valence-electron chi connectivity index (χ1n) is 6.66. The average molecular weight is 325 g/mol. The van der Waals surface area contributed by atoms with Gasteiger partial charge in [-0.1, -0.05) is 17.7 Å². The summed E-state index contributed by atoms with van der Waals surface area (Å²) >= 11 is 6.20. The van der Waals surface area contributed by atoms with Gasteiger partial charge >= 0.3 is 6.09 Å². The van der Waals surface area contributed by atoms with E-state index in [1.807, 2.05) is 19.2 Å². The van der Waals surface area contributed by atoms with Gasteiger partial charge in [0.15, 0.2) is 0 Å². The van der Waals surface area contributed by atoms with E-state index in [9.17, 15) is 9.59 Å². The highest BCUT2D eigenvalue weighted by Crippen LogP contribution is 2.26. The number of benzene rings is 1. The van der Waals surface area contributed by atoms with Crippen molar-refractivity contribution in [3.63, 3.8) is 0 Å². The van der Waals surface area contributed by atoms with Crippen LogP contribution < -0.4 is 10.6 Å². The van der Waals surface area contributed by atoms with Crippen LogP contribution in [0, 0.1) is 0 Å². The van der Waals surface area contributed by atoms with E-state index in [1.54, 1.807) is 17.7 Å². The lowest BCUT2D eigenvalue weighted by Gasteiger charge is -2.12. The molecule has 0 saturated carbocycles. The normalized spacial score (nSPS) is 12.0. The number of alkyl carbamates (subject to hydrolysis) is 1. The molecule has 1 atom stereocenters. The van der Waals surface area contributed by atoms with Crippen LogP contribution in [-0.2, 0) is 23.1 Å². The summed E-state index contributed by atoms with van der Waals surface area (Å²) in [6.45, 7) is 1.78. The summed E-state index contributed by atoms with van der Waals surface area (Å²) in [5, 5.41) is 10.9. The van der Waals surface area contributed by atoms with Crippen LogP contribution in [0.5, 0.6) is 0 Å². The van der Waals surface area contributed by atoms with Crippen LogP contribution in [0.4, 0.5) is 4.79 Å². The molecule has 0 fully saturated rings. The Labute approximate surface area is 132 Å². The summed E-state index contributed by atoms with van der Waals surface area (Å²) in [6, 6.07) is 4.81. The van der Waals surface area contributed by atoms with E-state index in [0.717, 1.165) is 10.9 Å². The van der Waals surface area contributed by atoms with E-state index in [1.165, 1.54) is 7.11 Å². The summed E-state index contributed by atoms with van der Waals surface area (Å²) in [7, 11) is 3.05. The van der Waals surface area contributed by atoms with Gasteiger partial charge in [-0.15, -0.1) is 0 Å². The molecule has 0 aliphatic rings. The van der Waals surface area contributed by atoms with E-state index >= 15 is 0 Å². The zero-order chi connectivity index (χ0) is 16.3. The maximum absolute atomic E-state index is 11.9. The Morgan fingerprint density at radius 3 is 2.86 bits per heavy atom. The number of halogens is 1. The SMILES string of the molecule is COC(=O)NC(C)C(=O)NCc1nn(C)c2cccc(Cl)c12. The van der Waals surface area contributed by atoms with Gasteiger partial charge in [0.05, 0.1) is 29.9 Å². The fourth-order valence-corrected chi connectivity index (χ4v) is 2.38. The third-order valence-electron chi connectivity index (χ3n) is 3.24. The van der Waals surface area contributed by atoms with Crippen LogP contribution in [0.15, 0.2) is 18.2 Å². The highest BCUT2D eigenvalue weighted by molar-refractivity contribution is 6.35. The highest BCUT2D eigenvalue weighted by Gasteiger charge is 2.17. The van der Waals surface area contributed by atoms with E-state index in [0.29, 0.717) is 10.7 Å². The Bertz CT molecular complexity index is 713.